The van der Waals surface area contributed by atoms with Gasteiger partial charge in [0.15, 0.2) is 15.0 Å². The number of aliphatic imine (C=N–C) groups is 1. The number of hydrogen-bond donors (Lipinski definition) is 0. The average Bonchev–Trinajstić information content (AvgIpc) is 3.52. The number of carbonyl (C=O) groups excluding carboxylic acids is 2. The molecule has 0 unspecified atom stereocenters. The molecule has 9 nitrogen and oxygen atoms in total. The van der Waals surface area contributed by atoms with E-state index in [-0.39, 0.29) is 39.8 Å². The topological polar surface area (TPSA) is 109 Å². The van der Waals surface area contributed by atoms with Crippen molar-refractivity contribution in [2.24, 2.45) is 4.99 Å². The van der Waals surface area contributed by atoms with Gasteiger partial charge in [-0.3, -0.25) is 14.5 Å². The summed E-state index contributed by atoms with van der Waals surface area (Å²) in [5, 5.41) is 0.205. The van der Waals surface area contributed by atoms with Gasteiger partial charge in [-0.2, -0.15) is 8.78 Å². The lowest BCUT2D eigenvalue weighted by atomic mass is 10.2. The highest BCUT2D eigenvalue weighted by Gasteiger charge is 2.35. The highest BCUT2D eigenvalue weighted by atomic mass is 32.2. The summed E-state index contributed by atoms with van der Waals surface area (Å²) in [4.78, 5) is 32.9. The number of anilines is 1. The van der Waals surface area contributed by atoms with E-state index < -0.39 is 28.4 Å². The molecule has 0 radical (unpaired) electrons. The Labute approximate surface area is 204 Å². The highest BCUT2D eigenvalue weighted by Crippen LogP contribution is 2.31. The van der Waals surface area contributed by atoms with Crippen molar-refractivity contribution in [1.82, 2.24) is 4.90 Å². The van der Waals surface area contributed by atoms with E-state index in [1.165, 1.54) is 46.4 Å². The summed E-state index contributed by atoms with van der Waals surface area (Å²) in [5.74, 6) is -0.585. The third-order valence-corrected chi connectivity index (χ3v) is 8.12. The number of nitrogens with zero attached hydrogens (tertiary/aromatic N) is 3. The molecule has 4 rings (SSSR count). The van der Waals surface area contributed by atoms with Crippen molar-refractivity contribution in [3.8, 4) is 5.75 Å². The number of hydrogen-bond acceptors (Lipinski definition) is 8. The zero-order valence-electron chi connectivity index (χ0n) is 18.5. The van der Waals surface area contributed by atoms with Crippen LogP contribution < -0.4 is 9.64 Å². The number of halogens is 2. The van der Waals surface area contributed by atoms with Gasteiger partial charge in [0, 0.05) is 19.2 Å². The number of amidine groups is 1. The molecule has 0 spiro atoms. The molecule has 0 saturated carbocycles. The molecular weight excluding hydrogens is 504 g/mol. The molecule has 3 heterocycles. The molecule has 2 aromatic rings. The Balaban J connectivity index is 1.53. The normalized spacial score (nSPS) is 20.5. The number of alkyl halides is 2. The van der Waals surface area contributed by atoms with E-state index in [0.717, 1.165) is 11.8 Å². The third-order valence-electron chi connectivity index (χ3n) is 5.45. The monoisotopic (exact) mass is 525 g/mol. The van der Waals surface area contributed by atoms with Crippen molar-refractivity contribution in [1.29, 1.82) is 0 Å². The van der Waals surface area contributed by atoms with Crippen LogP contribution in [0.5, 0.6) is 5.75 Å². The number of rotatable bonds is 7. The summed E-state index contributed by atoms with van der Waals surface area (Å²) in [6.07, 6.45) is 3.28. The molecule has 2 aliphatic rings. The van der Waals surface area contributed by atoms with E-state index in [2.05, 4.69) is 9.73 Å². The van der Waals surface area contributed by atoms with E-state index in [0.29, 0.717) is 17.9 Å². The lowest BCUT2D eigenvalue weighted by Crippen LogP contribution is -2.39. The van der Waals surface area contributed by atoms with E-state index in [1.807, 2.05) is 0 Å². The maximum Gasteiger partial charge on any atom is 0.387 e. The summed E-state index contributed by atoms with van der Waals surface area (Å²) >= 11 is 1.01. The molecule has 2 aliphatic heterocycles. The molecule has 1 aromatic heterocycles. The average molecular weight is 526 g/mol. The van der Waals surface area contributed by atoms with Crippen LogP contribution >= 0.6 is 11.8 Å². The minimum Gasteiger partial charge on any atom is -0.465 e. The second kappa shape index (κ2) is 10.2. The molecule has 0 bridgehead atoms. The lowest BCUT2D eigenvalue weighted by Gasteiger charge is -2.24. The fourth-order valence-corrected chi connectivity index (χ4v) is 6.33. The SMILES string of the molecule is CN(C(=O)CSC1=N/C(=C/c2ccco2)C(=O)N1c1ccc(OC(F)F)cc1)[C@H]1CCS(=O)(=O)C1. The minimum atomic E-state index is -3.15. The quantitative estimate of drug-likeness (QED) is 0.511. The summed E-state index contributed by atoms with van der Waals surface area (Å²) in [5.41, 5.74) is 0.409. The largest absolute Gasteiger partial charge is 0.465 e. The minimum absolute atomic E-state index is 0.0453. The molecule has 1 saturated heterocycles. The molecule has 186 valence electrons. The molecule has 1 fully saturated rings. The van der Waals surface area contributed by atoms with Crippen LogP contribution in [0, 0.1) is 0 Å². The second-order valence-corrected chi connectivity index (χ2v) is 11.0. The van der Waals surface area contributed by atoms with Crippen molar-refractivity contribution in [3.63, 3.8) is 0 Å². The van der Waals surface area contributed by atoms with Crippen LogP contribution in [0.2, 0.25) is 0 Å². The highest BCUT2D eigenvalue weighted by molar-refractivity contribution is 8.14. The molecule has 2 amide bonds. The van der Waals surface area contributed by atoms with Gasteiger partial charge in [0.1, 0.15) is 17.2 Å². The molecule has 35 heavy (non-hydrogen) atoms. The van der Waals surface area contributed by atoms with Crippen molar-refractivity contribution in [2.75, 3.05) is 29.2 Å². The maximum atomic E-state index is 13.1. The Hall–Kier alpha value is -3.19. The summed E-state index contributed by atoms with van der Waals surface area (Å²) in [6, 6.07) is 8.36. The fourth-order valence-electron chi connectivity index (χ4n) is 3.62. The van der Waals surface area contributed by atoms with Gasteiger partial charge in [-0.1, -0.05) is 11.8 Å². The number of thioether (sulfide) groups is 1. The van der Waals surface area contributed by atoms with Crippen LogP contribution in [-0.4, -0.2) is 67.3 Å². The van der Waals surface area contributed by atoms with Gasteiger partial charge in [0.2, 0.25) is 5.91 Å². The Morgan fingerprint density at radius 2 is 2.09 bits per heavy atom. The predicted octanol–water partition coefficient (Wildman–Crippen LogP) is 3.00. The van der Waals surface area contributed by atoms with Gasteiger partial charge in [0.05, 0.1) is 29.2 Å². The Kier molecular flexibility index (Phi) is 7.26. The van der Waals surface area contributed by atoms with Gasteiger partial charge >= 0.3 is 6.61 Å². The fraction of sp³-hybridized carbons (Fsp3) is 0.318. The van der Waals surface area contributed by atoms with Gasteiger partial charge in [-0.15, -0.1) is 0 Å². The molecule has 1 aromatic carbocycles. The van der Waals surface area contributed by atoms with Gasteiger partial charge in [0.25, 0.3) is 5.91 Å². The lowest BCUT2D eigenvalue weighted by molar-refractivity contribution is -0.128. The molecular formula is C22H21F2N3O6S2. The Morgan fingerprint density at radius 3 is 2.69 bits per heavy atom. The van der Waals surface area contributed by atoms with Crippen LogP contribution in [0.15, 0.2) is 57.8 Å². The van der Waals surface area contributed by atoms with Crippen molar-refractivity contribution < 1.29 is 35.9 Å². The second-order valence-electron chi connectivity index (χ2n) is 7.80. The molecule has 1 atom stereocenters. The molecule has 0 aliphatic carbocycles. The number of benzene rings is 1. The van der Waals surface area contributed by atoms with Crippen molar-refractivity contribution in [3.05, 3.63) is 54.1 Å². The first-order valence-corrected chi connectivity index (χ1v) is 13.3. The van der Waals surface area contributed by atoms with E-state index in [9.17, 15) is 26.8 Å². The van der Waals surface area contributed by atoms with E-state index in [1.54, 1.807) is 19.2 Å². The number of carbonyl (C=O) groups is 2. The molecule has 0 N–H and O–H groups in total. The summed E-state index contributed by atoms with van der Waals surface area (Å²) in [6.45, 7) is -2.98. The van der Waals surface area contributed by atoms with Gasteiger partial charge < -0.3 is 14.1 Å². The Bertz CT molecular complexity index is 1260. The first-order valence-electron chi connectivity index (χ1n) is 10.4. The van der Waals surface area contributed by atoms with Crippen LogP contribution in [0.4, 0.5) is 14.5 Å². The number of sulfone groups is 1. The van der Waals surface area contributed by atoms with Crippen LogP contribution in [0.25, 0.3) is 6.08 Å². The van der Waals surface area contributed by atoms with Crippen molar-refractivity contribution in [2.45, 2.75) is 19.1 Å². The number of amides is 2. The zero-order chi connectivity index (χ0) is 25.2. The van der Waals surface area contributed by atoms with Crippen molar-refractivity contribution >= 4 is 50.3 Å². The summed E-state index contributed by atoms with van der Waals surface area (Å²) in [7, 11) is -1.60. The predicted molar refractivity (Wildman–Crippen MR) is 127 cm³/mol. The number of ether oxygens (including phenoxy) is 1. The Morgan fingerprint density at radius 1 is 1.34 bits per heavy atom. The van der Waals surface area contributed by atoms with Crippen LogP contribution in [-0.2, 0) is 19.4 Å². The van der Waals surface area contributed by atoms with Gasteiger partial charge in [-0.05, 0) is 42.8 Å². The standard InChI is InChI=1S/C22H21F2N3O6S2/c1-26(15-8-10-35(30,31)13-15)19(28)12-34-22-25-18(11-17-3-2-9-32-17)20(29)27(22)14-4-6-16(7-5-14)33-21(23)24/h2-7,9,11,15,21H,8,10,12-13H2,1H3/b18-11+/t15-/m0/s1. The van der Waals surface area contributed by atoms with Crippen LogP contribution in [0.1, 0.15) is 12.2 Å². The third kappa shape index (κ3) is 5.90. The van der Waals surface area contributed by atoms with E-state index >= 15 is 0 Å². The van der Waals surface area contributed by atoms with Crippen LogP contribution in [0.3, 0.4) is 0 Å². The molecule has 13 heteroatoms. The first kappa shape index (κ1) is 24.9. The smallest absolute Gasteiger partial charge is 0.387 e. The maximum absolute atomic E-state index is 13.1. The zero-order valence-corrected chi connectivity index (χ0v) is 20.1. The van der Waals surface area contributed by atoms with E-state index in [4.69, 9.17) is 4.42 Å². The van der Waals surface area contributed by atoms with Gasteiger partial charge in [-0.25, -0.2) is 13.4 Å². The summed E-state index contributed by atoms with van der Waals surface area (Å²) < 4.78 is 58.1. The number of furan rings is 1. The first-order chi connectivity index (χ1) is 16.6.